The van der Waals surface area contributed by atoms with Crippen LogP contribution in [0, 0.1) is 0 Å². The maximum atomic E-state index is 12.1. The van der Waals surface area contributed by atoms with Crippen LogP contribution in [0.5, 0.6) is 0 Å². The molecule has 2 unspecified atom stereocenters. The van der Waals surface area contributed by atoms with Crippen LogP contribution in [0.15, 0.2) is 30.3 Å². The van der Waals surface area contributed by atoms with Gasteiger partial charge in [0.1, 0.15) is 0 Å². The van der Waals surface area contributed by atoms with E-state index in [0.717, 1.165) is 6.54 Å². The van der Waals surface area contributed by atoms with E-state index in [2.05, 4.69) is 5.32 Å². The summed E-state index contributed by atoms with van der Waals surface area (Å²) in [6, 6.07) is 9.35. The van der Waals surface area contributed by atoms with E-state index in [1.807, 2.05) is 25.1 Å². The zero-order chi connectivity index (χ0) is 12.3. The number of aliphatic hydroxyl groups is 1. The number of hydrogen-bond acceptors (Lipinski definition) is 3. The predicted octanol–water partition coefficient (Wildman–Crippen LogP) is 0.540. The van der Waals surface area contributed by atoms with E-state index in [-0.39, 0.29) is 11.9 Å². The quantitative estimate of drug-likeness (QED) is 0.785. The Hall–Kier alpha value is -1.39. The number of hydrogen-bond donors (Lipinski definition) is 2. The van der Waals surface area contributed by atoms with Crippen molar-refractivity contribution in [2.75, 3.05) is 19.6 Å². The molecule has 0 radical (unpaired) electrons. The van der Waals surface area contributed by atoms with Crippen LogP contribution in [0.2, 0.25) is 0 Å². The third-order valence-electron chi connectivity index (χ3n) is 3.03. The molecule has 1 aliphatic rings. The molecule has 0 bridgehead atoms. The van der Waals surface area contributed by atoms with Crippen LogP contribution in [-0.4, -0.2) is 41.6 Å². The lowest BCUT2D eigenvalue weighted by atomic mass is 10.1. The Morgan fingerprint density at radius 3 is 2.82 bits per heavy atom. The Morgan fingerprint density at radius 2 is 2.18 bits per heavy atom. The fourth-order valence-corrected chi connectivity index (χ4v) is 2.08. The summed E-state index contributed by atoms with van der Waals surface area (Å²) >= 11 is 0. The highest BCUT2D eigenvalue weighted by Crippen LogP contribution is 2.16. The van der Waals surface area contributed by atoms with Crippen LogP contribution < -0.4 is 5.32 Å². The van der Waals surface area contributed by atoms with Gasteiger partial charge in [-0.2, -0.15) is 0 Å². The molecular formula is C13H18N2O2. The average Bonchev–Trinajstić information content (AvgIpc) is 2.38. The number of carbonyl (C=O) groups excluding carboxylic acids is 1. The Labute approximate surface area is 101 Å². The molecular weight excluding hydrogens is 216 g/mol. The van der Waals surface area contributed by atoms with E-state index in [1.165, 1.54) is 0 Å². The van der Waals surface area contributed by atoms with Crippen LogP contribution >= 0.6 is 0 Å². The molecule has 1 heterocycles. The van der Waals surface area contributed by atoms with E-state index < -0.39 is 6.10 Å². The fraction of sp³-hybridized carbons (Fsp3) is 0.462. The lowest BCUT2D eigenvalue weighted by Crippen LogP contribution is -2.52. The first-order valence-corrected chi connectivity index (χ1v) is 5.93. The van der Waals surface area contributed by atoms with Gasteiger partial charge >= 0.3 is 0 Å². The second-order valence-electron chi connectivity index (χ2n) is 4.45. The molecule has 2 N–H and O–H groups in total. The van der Waals surface area contributed by atoms with Crippen molar-refractivity contribution in [3.63, 3.8) is 0 Å². The molecule has 4 heteroatoms. The highest BCUT2D eigenvalue weighted by Gasteiger charge is 2.26. The summed E-state index contributed by atoms with van der Waals surface area (Å²) in [6.07, 6.45) is -1.04. The molecule has 1 fully saturated rings. The minimum absolute atomic E-state index is 0.204. The summed E-state index contributed by atoms with van der Waals surface area (Å²) in [6.45, 7) is 4.14. The molecule has 92 valence electrons. The SMILES string of the molecule is CC1CN(C(=O)C(O)c2ccccc2)CCN1. The second kappa shape index (κ2) is 5.29. The summed E-state index contributed by atoms with van der Waals surface area (Å²) in [5.74, 6) is -0.204. The van der Waals surface area contributed by atoms with Crippen LogP contribution in [0.25, 0.3) is 0 Å². The van der Waals surface area contributed by atoms with Gasteiger partial charge in [-0.1, -0.05) is 30.3 Å². The van der Waals surface area contributed by atoms with Gasteiger partial charge in [0.2, 0.25) is 0 Å². The maximum Gasteiger partial charge on any atom is 0.256 e. The number of aliphatic hydroxyl groups excluding tert-OH is 1. The highest BCUT2D eigenvalue weighted by molar-refractivity contribution is 5.82. The first-order chi connectivity index (χ1) is 8.18. The number of amides is 1. The number of nitrogens with zero attached hydrogens (tertiary/aromatic N) is 1. The van der Waals surface area contributed by atoms with Gasteiger partial charge in [0, 0.05) is 25.7 Å². The first kappa shape index (κ1) is 12.1. The van der Waals surface area contributed by atoms with Crippen molar-refractivity contribution in [3.8, 4) is 0 Å². The van der Waals surface area contributed by atoms with Crippen molar-refractivity contribution in [2.45, 2.75) is 19.1 Å². The standard InChI is InChI=1S/C13H18N2O2/c1-10-9-15(8-7-14-10)13(17)12(16)11-5-3-2-4-6-11/h2-6,10,12,14,16H,7-9H2,1H3. The average molecular weight is 234 g/mol. The normalized spacial score (nSPS) is 22.2. The van der Waals surface area contributed by atoms with Gasteiger partial charge in [-0.15, -0.1) is 0 Å². The summed E-state index contributed by atoms with van der Waals surface area (Å²) in [7, 11) is 0. The van der Waals surface area contributed by atoms with Crippen LogP contribution in [0.1, 0.15) is 18.6 Å². The van der Waals surface area contributed by atoms with Gasteiger partial charge in [-0.25, -0.2) is 0 Å². The molecule has 4 nitrogen and oxygen atoms in total. The summed E-state index contributed by atoms with van der Waals surface area (Å²) in [4.78, 5) is 13.8. The number of carbonyl (C=O) groups is 1. The van der Waals surface area contributed by atoms with Gasteiger partial charge in [0.25, 0.3) is 5.91 Å². The number of piperazine rings is 1. The minimum Gasteiger partial charge on any atom is -0.378 e. The summed E-state index contributed by atoms with van der Waals surface area (Å²) in [5.41, 5.74) is 0.656. The Morgan fingerprint density at radius 1 is 1.47 bits per heavy atom. The number of benzene rings is 1. The first-order valence-electron chi connectivity index (χ1n) is 5.93. The van der Waals surface area contributed by atoms with Crippen molar-refractivity contribution >= 4 is 5.91 Å². The molecule has 1 aromatic carbocycles. The minimum atomic E-state index is -1.04. The molecule has 0 spiro atoms. The van der Waals surface area contributed by atoms with Crippen LogP contribution in [0.4, 0.5) is 0 Å². The van der Waals surface area contributed by atoms with E-state index in [1.54, 1.807) is 17.0 Å². The summed E-state index contributed by atoms with van der Waals surface area (Å²) in [5, 5.41) is 13.3. The predicted molar refractivity (Wildman–Crippen MR) is 65.4 cm³/mol. The Kier molecular flexibility index (Phi) is 3.76. The highest BCUT2D eigenvalue weighted by atomic mass is 16.3. The molecule has 1 amide bonds. The third kappa shape index (κ3) is 2.84. The van der Waals surface area contributed by atoms with E-state index >= 15 is 0 Å². The van der Waals surface area contributed by atoms with Crippen molar-refractivity contribution in [1.82, 2.24) is 10.2 Å². The van der Waals surface area contributed by atoms with Gasteiger partial charge in [0.15, 0.2) is 6.10 Å². The molecule has 0 saturated carbocycles. The summed E-state index contributed by atoms with van der Waals surface area (Å²) < 4.78 is 0. The van der Waals surface area contributed by atoms with Crippen LogP contribution in [0.3, 0.4) is 0 Å². The lowest BCUT2D eigenvalue weighted by Gasteiger charge is -2.33. The monoisotopic (exact) mass is 234 g/mol. The molecule has 1 aliphatic heterocycles. The Bertz CT molecular complexity index is 380. The van der Waals surface area contributed by atoms with Crippen molar-refractivity contribution in [3.05, 3.63) is 35.9 Å². The van der Waals surface area contributed by atoms with E-state index in [9.17, 15) is 9.90 Å². The van der Waals surface area contributed by atoms with Crippen molar-refractivity contribution in [2.24, 2.45) is 0 Å². The van der Waals surface area contributed by atoms with E-state index in [4.69, 9.17) is 0 Å². The zero-order valence-corrected chi connectivity index (χ0v) is 9.97. The lowest BCUT2D eigenvalue weighted by molar-refractivity contribution is -0.141. The number of rotatable bonds is 2. The van der Waals surface area contributed by atoms with E-state index in [0.29, 0.717) is 18.7 Å². The van der Waals surface area contributed by atoms with Gasteiger partial charge in [0.05, 0.1) is 0 Å². The van der Waals surface area contributed by atoms with Gasteiger partial charge < -0.3 is 15.3 Å². The fourth-order valence-electron chi connectivity index (χ4n) is 2.08. The molecule has 0 aromatic heterocycles. The molecule has 2 rings (SSSR count). The molecule has 0 aliphatic carbocycles. The largest absolute Gasteiger partial charge is 0.378 e. The van der Waals surface area contributed by atoms with Gasteiger partial charge in [-0.05, 0) is 12.5 Å². The Balaban J connectivity index is 2.04. The third-order valence-corrected chi connectivity index (χ3v) is 3.03. The topological polar surface area (TPSA) is 52.6 Å². The second-order valence-corrected chi connectivity index (χ2v) is 4.45. The molecule has 1 aromatic rings. The molecule has 1 saturated heterocycles. The van der Waals surface area contributed by atoms with Crippen LogP contribution in [-0.2, 0) is 4.79 Å². The molecule has 17 heavy (non-hydrogen) atoms. The van der Waals surface area contributed by atoms with Crippen molar-refractivity contribution < 1.29 is 9.90 Å². The molecule has 2 atom stereocenters. The van der Waals surface area contributed by atoms with Gasteiger partial charge in [-0.3, -0.25) is 4.79 Å². The number of nitrogens with one attached hydrogen (secondary N) is 1. The maximum absolute atomic E-state index is 12.1. The zero-order valence-electron chi connectivity index (χ0n) is 9.97. The van der Waals surface area contributed by atoms with Crippen molar-refractivity contribution in [1.29, 1.82) is 0 Å². The smallest absolute Gasteiger partial charge is 0.256 e.